The summed E-state index contributed by atoms with van der Waals surface area (Å²) in [4.78, 5) is 43.7. The highest BCUT2D eigenvalue weighted by Crippen LogP contribution is 2.21. The molecule has 1 aromatic heterocycles. The van der Waals surface area contributed by atoms with Crippen LogP contribution in [0.1, 0.15) is 28.1 Å². The molecule has 27 heavy (non-hydrogen) atoms. The van der Waals surface area contributed by atoms with Gasteiger partial charge in [0.05, 0.1) is 12.5 Å². The van der Waals surface area contributed by atoms with E-state index < -0.39 is 0 Å². The molecule has 2 heterocycles. The number of aryl methyl sites for hydroxylation is 1. The first-order valence-electron chi connectivity index (χ1n) is 8.87. The van der Waals surface area contributed by atoms with Crippen LogP contribution in [0.25, 0.3) is 0 Å². The number of rotatable bonds is 5. The molecule has 3 rings (SSSR count). The average Bonchev–Trinajstić information content (AvgIpc) is 3.11. The predicted molar refractivity (Wildman–Crippen MR) is 104 cm³/mol. The average molecular weight is 386 g/mol. The van der Waals surface area contributed by atoms with Crippen LogP contribution in [0, 0.1) is 12.8 Å². The van der Waals surface area contributed by atoms with Crippen LogP contribution in [-0.4, -0.2) is 47.2 Å². The molecule has 1 fully saturated rings. The number of carbonyl (C=O) groups excluding carboxylic acids is 3. The van der Waals surface area contributed by atoms with E-state index in [1.807, 2.05) is 13.0 Å². The van der Waals surface area contributed by atoms with Crippen molar-refractivity contribution in [3.8, 4) is 0 Å². The Morgan fingerprint density at radius 3 is 2.74 bits per heavy atom. The molecule has 8 heteroatoms. The van der Waals surface area contributed by atoms with Gasteiger partial charge < -0.3 is 15.5 Å². The highest BCUT2D eigenvalue weighted by Gasteiger charge is 2.29. The monoisotopic (exact) mass is 386 g/mol. The van der Waals surface area contributed by atoms with E-state index >= 15 is 0 Å². The molecule has 1 aliphatic heterocycles. The van der Waals surface area contributed by atoms with Crippen molar-refractivity contribution in [1.29, 1.82) is 0 Å². The van der Waals surface area contributed by atoms with E-state index in [1.54, 1.807) is 35.4 Å². The fourth-order valence-electron chi connectivity index (χ4n) is 3.00. The number of hydrogen-bond acceptors (Lipinski definition) is 5. The molecule has 142 valence electrons. The quantitative estimate of drug-likeness (QED) is 0.823. The molecule has 0 spiro atoms. The largest absolute Gasteiger partial charge is 0.343 e. The lowest BCUT2D eigenvalue weighted by molar-refractivity contribution is -0.133. The summed E-state index contributed by atoms with van der Waals surface area (Å²) in [5.41, 5.74) is 0.514. The number of aromatic nitrogens is 1. The summed E-state index contributed by atoms with van der Waals surface area (Å²) < 4.78 is 0. The topological polar surface area (TPSA) is 91.4 Å². The van der Waals surface area contributed by atoms with Crippen LogP contribution < -0.4 is 10.6 Å². The van der Waals surface area contributed by atoms with E-state index in [2.05, 4.69) is 15.6 Å². The SMILES string of the molecule is Cc1cnc(NC(=O)C2CCCN(C(=O)CNC(=O)c3ccccc3)C2)s1. The van der Waals surface area contributed by atoms with Gasteiger partial charge in [-0.15, -0.1) is 11.3 Å². The Kier molecular flexibility index (Phi) is 6.18. The van der Waals surface area contributed by atoms with Gasteiger partial charge >= 0.3 is 0 Å². The van der Waals surface area contributed by atoms with Crippen molar-refractivity contribution < 1.29 is 14.4 Å². The third kappa shape index (κ3) is 5.13. The summed E-state index contributed by atoms with van der Waals surface area (Å²) in [6.45, 7) is 2.81. The summed E-state index contributed by atoms with van der Waals surface area (Å²) in [5.74, 6) is -0.844. The third-order valence-electron chi connectivity index (χ3n) is 4.43. The summed E-state index contributed by atoms with van der Waals surface area (Å²) in [6, 6.07) is 8.76. The number of anilines is 1. The lowest BCUT2D eigenvalue weighted by atomic mass is 9.97. The Balaban J connectivity index is 1.50. The Morgan fingerprint density at radius 2 is 2.04 bits per heavy atom. The lowest BCUT2D eigenvalue weighted by Gasteiger charge is -2.32. The highest BCUT2D eigenvalue weighted by molar-refractivity contribution is 7.15. The lowest BCUT2D eigenvalue weighted by Crippen LogP contribution is -2.47. The van der Waals surface area contributed by atoms with Gasteiger partial charge in [-0.2, -0.15) is 0 Å². The maximum Gasteiger partial charge on any atom is 0.251 e. The Bertz CT molecular complexity index is 821. The van der Waals surface area contributed by atoms with Gasteiger partial charge in [-0.25, -0.2) is 4.98 Å². The van der Waals surface area contributed by atoms with E-state index in [0.29, 0.717) is 23.8 Å². The Morgan fingerprint density at radius 1 is 1.26 bits per heavy atom. The molecular weight excluding hydrogens is 364 g/mol. The second-order valence-corrected chi connectivity index (χ2v) is 7.73. The van der Waals surface area contributed by atoms with E-state index in [4.69, 9.17) is 0 Å². The zero-order chi connectivity index (χ0) is 19.2. The second-order valence-electron chi connectivity index (χ2n) is 6.49. The van der Waals surface area contributed by atoms with Gasteiger partial charge in [-0.3, -0.25) is 14.4 Å². The standard InChI is InChI=1S/C19H22N4O3S/c1-13-10-21-19(27-13)22-18(26)15-8-5-9-23(12-15)16(24)11-20-17(25)14-6-3-2-4-7-14/h2-4,6-7,10,15H,5,8-9,11-12H2,1H3,(H,20,25)(H,21,22,26). The maximum atomic E-state index is 12.4. The van der Waals surface area contributed by atoms with E-state index in [0.717, 1.165) is 17.7 Å². The molecule has 1 saturated heterocycles. The third-order valence-corrected chi connectivity index (χ3v) is 5.26. The van der Waals surface area contributed by atoms with Crippen LogP contribution in [-0.2, 0) is 9.59 Å². The van der Waals surface area contributed by atoms with Crippen molar-refractivity contribution in [1.82, 2.24) is 15.2 Å². The molecule has 3 amide bonds. The van der Waals surface area contributed by atoms with Crippen LogP contribution >= 0.6 is 11.3 Å². The van der Waals surface area contributed by atoms with Crippen LogP contribution in [0.5, 0.6) is 0 Å². The van der Waals surface area contributed by atoms with Gasteiger partial charge in [0, 0.05) is 29.7 Å². The zero-order valence-corrected chi connectivity index (χ0v) is 15.9. The van der Waals surface area contributed by atoms with Crippen molar-refractivity contribution in [2.45, 2.75) is 19.8 Å². The highest BCUT2D eigenvalue weighted by atomic mass is 32.1. The van der Waals surface area contributed by atoms with Crippen LogP contribution in [0.2, 0.25) is 0 Å². The summed E-state index contributed by atoms with van der Waals surface area (Å²) in [6.07, 6.45) is 3.20. The summed E-state index contributed by atoms with van der Waals surface area (Å²) in [7, 11) is 0. The van der Waals surface area contributed by atoms with Gasteiger partial charge in [0.1, 0.15) is 0 Å². The minimum Gasteiger partial charge on any atom is -0.343 e. The second kappa shape index (κ2) is 8.77. The smallest absolute Gasteiger partial charge is 0.251 e. The van der Waals surface area contributed by atoms with Crippen molar-refractivity contribution in [2.24, 2.45) is 5.92 Å². The fourth-order valence-corrected chi connectivity index (χ4v) is 3.66. The number of piperidine rings is 1. The number of likely N-dealkylation sites (tertiary alicyclic amines) is 1. The van der Waals surface area contributed by atoms with Crippen molar-refractivity contribution in [3.63, 3.8) is 0 Å². The minimum absolute atomic E-state index is 0.0757. The molecule has 2 aromatic rings. The van der Waals surface area contributed by atoms with Crippen molar-refractivity contribution >= 4 is 34.2 Å². The van der Waals surface area contributed by atoms with Gasteiger partial charge in [0.2, 0.25) is 11.8 Å². The van der Waals surface area contributed by atoms with Gasteiger partial charge in [-0.05, 0) is 31.9 Å². The fraction of sp³-hybridized carbons (Fsp3) is 0.368. The molecule has 0 aliphatic carbocycles. The number of thiazole rings is 1. The van der Waals surface area contributed by atoms with E-state index in [9.17, 15) is 14.4 Å². The number of nitrogens with zero attached hydrogens (tertiary/aromatic N) is 2. The maximum absolute atomic E-state index is 12.4. The minimum atomic E-state index is -0.283. The van der Waals surface area contributed by atoms with Gasteiger partial charge in [0.25, 0.3) is 5.91 Å². The molecule has 0 saturated carbocycles. The molecule has 1 atom stereocenters. The first-order chi connectivity index (χ1) is 13.0. The molecular formula is C19H22N4O3S. The molecule has 0 bridgehead atoms. The predicted octanol–water partition coefficient (Wildman–Crippen LogP) is 2.06. The number of benzene rings is 1. The Labute approximate surface area is 161 Å². The first kappa shape index (κ1) is 19.0. The molecule has 1 unspecified atom stereocenters. The van der Waals surface area contributed by atoms with E-state index in [1.165, 1.54) is 11.3 Å². The number of nitrogens with one attached hydrogen (secondary N) is 2. The molecule has 1 aromatic carbocycles. The molecule has 2 N–H and O–H groups in total. The van der Waals surface area contributed by atoms with Crippen LogP contribution in [0.4, 0.5) is 5.13 Å². The van der Waals surface area contributed by atoms with Gasteiger partial charge in [-0.1, -0.05) is 18.2 Å². The molecule has 7 nitrogen and oxygen atoms in total. The summed E-state index contributed by atoms with van der Waals surface area (Å²) >= 11 is 1.43. The van der Waals surface area contributed by atoms with Crippen molar-refractivity contribution in [3.05, 3.63) is 47.0 Å². The number of hydrogen-bond donors (Lipinski definition) is 2. The molecule has 1 aliphatic rings. The van der Waals surface area contributed by atoms with E-state index in [-0.39, 0.29) is 30.2 Å². The first-order valence-corrected chi connectivity index (χ1v) is 9.69. The zero-order valence-electron chi connectivity index (χ0n) is 15.1. The molecule has 0 radical (unpaired) electrons. The van der Waals surface area contributed by atoms with Crippen molar-refractivity contribution in [2.75, 3.05) is 25.0 Å². The normalized spacial score (nSPS) is 16.6. The van der Waals surface area contributed by atoms with Crippen LogP contribution in [0.15, 0.2) is 36.5 Å². The van der Waals surface area contributed by atoms with Crippen LogP contribution in [0.3, 0.4) is 0 Å². The number of carbonyl (C=O) groups is 3. The summed E-state index contributed by atoms with van der Waals surface area (Å²) in [5, 5.41) is 6.05. The van der Waals surface area contributed by atoms with Gasteiger partial charge in [0.15, 0.2) is 5.13 Å². The number of amides is 3. The Hall–Kier alpha value is -2.74.